The predicted octanol–water partition coefficient (Wildman–Crippen LogP) is -3.26. The molecule has 196 valence electrons. The van der Waals surface area contributed by atoms with Crippen molar-refractivity contribution in [3.63, 3.8) is 0 Å². The van der Waals surface area contributed by atoms with E-state index >= 15 is 0 Å². The lowest BCUT2D eigenvalue weighted by molar-refractivity contribution is -0.142. The number of aliphatic hydroxyl groups excluding tert-OH is 1. The maximum atomic E-state index is 12.9. The number of rotatable bonds is 17. The molecule has 5 atom stereocenters. The molecule has 0 saturated heterocycles. The number of thiol groups is 1. The largest absolute Gasteiger partial charge is 0.480 e. The van der Waals surface area contributed by atoms with E-state index in [2.05, 4.69) is 33.9 Å². The molecule has 0 saturated carbocycles. The van der Waals surface area contributed by atoms with Crippen LogP contribution < -0.4 is 38.5 Å². The number of hydrogen-bond donors (Lipinski definition) is 10. The Morgan fingerprint density at radius 2 is 1.53 bits per heavy atom. The zero-order valence-electron chi connectivity index (χ0n) is 19.2. The number of aliphatic carboxylic acids is 1. The van der Waals surface area contributed by atoms with Gasteiger partial charge in [-0.25, -0.2) is 9.59 Å². The third kappa shape index (κ3) is 12.6. The van der Waals surface area contributed by atoms with E-state index in [1.807, 2.05) is 0 Å². The standard InChI is InChI=1S/C19H37N7O7S/c1-10(27)14(17(30)25-13(9-34)18(31)32)26-16(29)12(6-2-3-7-20)24-15(28)11(21)5-4-8-23-19(22)33/h10-14,27,34H,2-9,20-21H2,1H3,(H,24,28)(H,25,30)(H,26,29)(H,31,32)(H3,22,23,33)/t10-,11+,12+,13+,14+/m1/s1. The van der Waals surface area contributed by atoms with E-state index in [4.69, 9.17) is 22.3 Å². The number of carbonyl (C=O) groups is 5. The molecule has 0 aliphatic carbocycles. The van der Waals surface area contributed by atoms with Gasteiger partial charge in [-0.3, -0.25) is 14.4 Å². The lowest BCUT2D eigenvalue weighted by atomic mass is 10.0. The Morgan fingerprint density at radius 1 is 0.912 bits per heavy atom. The molecule has 0 rings (SSSR count). The van der Waals surface area contributed by atoms with Gasteiger partial charge in [0.15, 0.2) is 0 Å². The molecule has 0 aliphatic heterocycles. The lowest BCUT2D eigenvalue weighted by Gasteiger charge is -2.26. The SMILES string of the molecule is C[C@@H](O)[C@H](NC(=O)[C@H](CCCCN)NC(=O)[C@@H](N)CCCNC(N)=O)C(=O)N[C@@H](CS)C(=O)O. The van der Waals surface area contributed by atoms with Crippen molar-refractivity contribution >= 4 is 42.4 Å². The van der Waals surface area contributed by atoms with Crippen molar-refractivity contribution in [3.05, 3.63) is 0 Å². The van der Waals surface area contributed by atoms with Gasteiger partial charge < -0.3 is 48.7 Å². The summed E-state index contributed by atoms with van der Waals surface area (Å²) in [5, 5.41) is 28.5. The van der Waals surface area contributed by atoms with E-state index in [9.17, 15) is 29.1 Å². The molecule has 0 aromatic heterocycles. The number of primary amides is 1. The third-order valence-electron chi connectivity index (χ3n) is 4.77. The summed E-state index contributed by atoms with van der Waals surface area (Å²) < 4.78 is 0. The van der Waals surface area contributed by atoms with Crippen molar-refractivity contribution in [2.75, 3.05) is 18.8 Å². The number of carboxylic acid groups (broad SMARTS) is 1. The van der Waals surface area contributed by atoms with Crippen molar-refractivity contribution in [3.8, 4) is 0 Å². The van der Waals surface area contributed by atoms with Crippen molar-refractivity contribution in [1.82, 2.24) is 21.3 Å². The maximum Gasteiger partial charge on any atom is 0.327 e. The van der Waals surface area contributed by atoms with Crippen LogP contribution in [0, 0.1) is 0 Å². The second-order valence-electron chi connectivity index (χ2n) is 7.69. The minimum Gasteiger partial charge on any atom is -0.480 e. The monoisotopic (exact) mass is 507 g/mol. The Hall–Kier alpha value is -2.62. The first-order chi connectivity index (χ1) is 15.9. The number of hydrogen-bond acceptors (Lipinski definition) is 9. The number of amides is 5. The number of unbranched alkanes of at least 4 members (excludes halogenated alkanes) is 1. The highest BCUT2D eigenvalue weighted by atomic mass is 32.1. The normalized spacial score (nSPS) is 15.2. The summed E-state index contributed by atoms with van der Waals surface area (Å²) >= 11 is 3.86. The predicted molar refractivity (Wildman–Crippen MR) is 127 cm³/mol. The van der Waals surface area contributed by atoms with Crippen LogP contribution in [-0.2, 0) is 19.2 Å². The molecule has 0 fully saturated rings. The Morgan fingerprint density at radius 3 is 2.03 bits per heavy atom. The molecule has 0 bridgehead atoms. The average Bonchev–Trinajstić information content (AvgIpc) is 2.76. The van der Waals surface area contributed by atoms with Crippen LogP contribution in [0.1, 0.15) is 39.0 Å². The van der Waals surface area contributed by atoms with Gasteiger partial charge in [-0.05, 0) is 45.6 Å². The molecule has 12 N–H and O–H groups in total. The summed E-state index contributed by atoms with van der Waals surface area (Å²) in [5.74, 6) is -3.83. The molecule has 0 aromatic rings. The van der Waals surface area contributed by atoms with Gasteiger partial charge in [-0.2, -0.15) is 12.6 Å². The van der Waals surface area contributed by atoms with Gasteiger partial charge in [0, 0.05) is 12.3 Å². The van der Waals surface area contributed by atoms with Gasteiger partial charge in [0.2, 0.25) is 17.7 Å². The fraction of sp³-hybridized carbons (Fsp3) is 0.737. The highest BCUT2D eigenvalue weighted by molar-refractivity contribution is 7.80. The zero-order chi connectivity index (χ0) is 26.3. The summed E-state index contributed by atoms with van der Waals surface area (Å²) in [4.78, 5) is 59.6. The van der Waals surface area contributed by atoms with Crippen LogP contribution >= 0.6 is 12.6 Å². The molecule has 14 nitrogen and oxygen atoms in total. The Bertz CT molecular complexity index is 696. The first kappa shape index (κ1) is 31.4. The van der Waals surface area contributed by atoms with Gasteiger partial charge in [-0.1, -0.05) is 0 Å². The molecule has 15 heteroatoms. The molecule has 0 spiro atoms. The highest BCUT2D eigenvalue weighted by Gasteiger charge is 2.32. The third-order valence-corrected chi connectivity index (χ3v) is 5.13. The van der Waals surface area contributed by atoms with Crippen molar-refractivity contribution in [1.29, 1.82) is 0 Å². The van der Waals surface area contributed by atoms with E-state index in [1.54, 1.807) is 0 Å². The van der Waals surface area contributed by atoms with Crippen LogP contribution in [0.3, 0.4) is 0 Å². The van der Waals surface area contributed by atoms with E-state index in [1.165, 1.54) is 6.92 Å². The fourth-order valence-corrected chi connectivity index (χ4v) is 3.06. The summed E-state index contributed by atoms with van der Waals surface area (Å²) in [7, 11) is 0. The van der Waals surface area contributed by atoms with Crippen LogP contribution in [0.25, 0.3) is 0 Å². The van der Waals surface area contributed by atoms with E-state index in [0.717, 1.165) is 0 Å². The zero-order valence-corrected chi connectivity index (χ0v) is 20.1. The Labute approximate surface area is 203 Å². The molecular weight excluding hydrogens is 470 g/mol. The van der Waals surface area contributed by atoms with Gasteiger partial charge in [-0.15, -0.1) is 0 Å². The number of carboxylic acids is 1. The van der Waals surface area contributed by atoms with Crippen LogP contribution in [0.2, 0.25) is 0 Å². The van der Waals surface area contributed by atoms with Gasteiger partial charge in [0.05, 0.1) is 12.1 Å². The van der Waals surface area contributed by atoms with Crippen LogP contribution in [0.4, 0.5) is 4.79 Å². The second-order valence-corrected chi connectivity index (χ2v) is 8.06. The fourth-order valence-electron chi connectivity index (χ4n) is 2.81. The summed E-state index contributed by atoms with van der Waals surface area (Å²) in [6, 6.07) is -5.55. The van der Waals surface area contributed by atoms with Crippen molar-refractivity contribution in [2.45, 2.75) is 69.3 Å². The molecule has 34 heavy (non-hydrogen) atoms. The molecule has 0 aromatic carbocycles. The lowest BCUT2D eigenvalue weighted by Crippen LogP contribution is -2.60. The van der Waals surface area contributed by atoms with Crippen molar-refractivity contribution < 1.29 is 34.2 Å². The molecule has 0 aliphatic rings. The van der Waals surface area contributed by atoms with Crippen LogP contribution in [0.15, 0.2) is 0 Å². The topological polar surface area (TPSA) is 252 Å². The quantitative estimate of drug-likeness (QED) is 0.0699. The summed E-state index contributed by atoms with van der Waals surface area (Å²) in [6.07, 6.45) is 0.474. The number of nitrogens with two attached hydrogens (primary N) is 3. The first-order valence-corrected chi connectivity index (χ1v) is 11.5. The minimum atomic E-state index is -1.48. The average molecular weight is 508 g/mol. The van der Waals surface area contributed by atoms with E-state index in [0.29, 0.717) is 25.8 Å². The minimum absolute atomic E-state index is 0.188. The van der Waals surface area contributed by atoms with Gasteiger partial charge in [0.1, 0.15) is 18.1 Å². The van der Waals surface area contributed by atoms with Gasteiger partial charge in [0.25, 0.3) is 0 Å². The molecule has 0 heterocycles. The van der Waals surface area contributed by atoms with E-state index < -0.39 is 60.0 Å². The molecular formula is C19H37N7O7S. The molecule has 0 radical (unpaired) electrons. The maximum absolute atomic E-state index is 12.9. The summed E-state index contributed by atoms with van der Waals surface area (Å²) in [6.45, 7) is 1.85. The van der Waals surface area contributed by atoms with Crippen LogP contribution in [0.5, 0.6) is 0 Å². The second kappa shape index (κ2) is 16.9. The smallest absolute Gasteiger partial charge is 0.327 e. The molecule has 5 amide bonds. The molecule has 0 unspecified atom stereocenters. The number of aliphatic hydroxyl groups is 1. The Kier molecular flexibility index (Phi) is 15.6. The number of nitrogens with one attached hydrogen (secondary N) is 4. The summed E-state index contributed by atoms with van der Waals surface area (Å²) in [5.41, 5.74) is 16.3. The number of carbonyl (C=O) groups excluding carboxylic acids is 4. The first-order valence-electron chi connectivity index (χ1n) is 10.9. The van der Waals surface area contributed by atoms with Crippen molar-refractivity contribution in [2.24, 2.45) is 17.2 Å². The number of urea groups is 1. The highest BCUT2D eigenvalue weighted by Crippen LogP contribution is 2.05. The van der Waals surface area contributed by atoms with Crippen LogP contribution in [-0.4, -0.2) is 89.0 Å². The Balaban J connectivity index is 5.22. The van der Waals surface area contributed by atoms with Gasteiger partial charge >= 0.3 is 12.0 Å². The van der Waals surface area contributed by atoms with E-state index in [-0.39, 0.29) is 25.1 Å².